The second-order valence-electron chi connectivity index (χ2n) is 3.04. The third-order valence-corrected chi connectivity index (χ3v) is 3.45. The van der Waals surface area contributed by atoms with E-state index in [1.807, 2.05) is 0 Å². The molecule has 16 heavy (non-hydrogen) atoms. The first-order chi connectivity index (χ1) is 7.56. The number of carbonyl (C=O) groups is 1. The molecule has 0 saturated heterocycles. The number of ether oxygens (including phenoxy) is 1. The minimum atomic E-state index is -1.83. The van der Waals surface area contributed by atoms with E-state index >= 15 is 0 Å². The predicted molar refractivity (Wildman–Crippen MR) is 56.1 cm³/mol. The van der Waals surface area contributed by atoms with Crippen LogP contribution in [0.1, 0.15) is 0 Å². The second-order valence-corrected chi connectivity index (χ2v) is 4.67. The summed E-state index contributed by atoms with van der Waals surface area (Å²) in [7, 11) is -0.508. The Morgan fingerprint density at radius 1 is 1.62 bits per heavy atom. The largest absolute Gasteiger partial charge is 0.480 e. The van der Waals surface area contributed by atoms with E-state index in [9.17, 15) is 13.4 Å². The van der Waals surface area contributed by atoms with Crippen LogP contribution in [0, 0.1) is 5.82 Å². The van der Waals surface area contributed by atoms with Crippen molar-refractivity contribution >= 4 is 16.8 Å². The first kappa shape index (κ1) is 12.8. The van der Waals surface area contributed by atoms with Gasteiger partial charge >= 0.3 is 5.97 Å². The molecule has 1 aromatic carbocycles. The van der Waals surface area contributed by atoms with Crippen LogP contribution in [0.2, 0.25) is 0 Å². The summed E-state index contributed by atoms with van der Waals surface area (Å²) >= 11 is 0. The molecular formula is C10H11FO4S. The lowest BCUT2D eigenvalue weighted by molar-refractivity contribution is -0.137. The summed E-state index contributed by atoms with van der Waals surface area (Å²) < 4.78 is 29.3. The number of methoxy groups -OCH3 is 1. The van der Waals surface area contributed by atoms with E-state index in [1.54, 1.807) is 0 Å². The molecule has 1 aromatic rings. The van der Waals surface area contributed by atoms with Gasteiger partial charge in [0.2, 0.25) is 0 Å². The standard InChI is InChI=1S/C10H11FO4S/c1-15-6-9(10(12)13)16(14)8-4-2-3-7(11)5-8/h2-5,9H,6H2,1H3,(H,12,13). The average molecular weight is 246 g/mol. The van der Waals surface area contributed by atoms with Gasteiger partial charge in [0, 0.05) is 12.0 Å². The van der Waals surface area contributed by atoms with Crippen LogP contribution in [0.4, 0.5) is 4.39 Å². The topological polar surface area (TPSA) is 63.6 Å². The van der Waals surface area contributed by atoms with E-state index in [1.165, 1.54) is 25.3 Å². The first-order valence-corrected chi connectivity index (χ1v) is 5.65. The van der Waals surface area contributed by atoms with Gasteiger partial charge in [-0.25, -0.2) is 4.39 Å². The van der Waals surface area contributed by atoms with Crippen molar-refractivity contribution in [2.45, 2.75) is 10.1 Å². The number of hydrogen-bond donors (Lipinski definition) is 1. The van der Waals surface area contributed by atoms with E-state index in [2.05, 4.69) is 4.74 Å². The van der Waals surface area contributed by atoms with Crippen molar-refractivity contribution in [1.29, 1.82) is 0 Å². The van der Waals surface area contributed by atoms with Crippen LogP contribution in [-0.4, -0.2) is 34.3 Å². The minimum absolute atomic E-state index is 0.143. The Labute approximate surface area is 94.5 Å². The third-order valence-electron chi connectivity index (χ3n) is 1.88. The molecule has 0 fully saturated rings. The molecule has 0 saturated carbocycles. The molecule has 2 unspecified atom stereocenters. The zero-order chi connectivity index (χ0) is 12.1. The van der Waals surface area contributed by atoms with Crippen molar-refractivity contribution in [2.75, 3.05) is 13.7 Å². The highest BCUT2D eigenvalue weighted by atomic mass is 32.2. The van der Waals surface area contributed by atoms with Crippen LogP contribution in [0.5, 0.6) is 0 Å². The lowest BCUT2D eigenvalue weighted by Gasteiger charge is -2.10. The Kier molecular flexibility index (Phi) is 4.57. The highest BCUT2D eigenvalue weighted by Gasteiger charge is 2.26. The van der Waals surface area contributed by atoms with Crippen molar-refractivity contribution in [3.05, 3.63) is 30.1 Å². The third kappa shape index (κ3) is 3.11. The zero-order valence-corrected chi connectivity index (χ0v) is 9.37. The summed E-state index contributed by atoms with van der Waals surface area (Å²) in [5.41, 5.74) is 0. The van der Waals surface area contributed by atoms with E-state index < -0.39 is 27.8 Å². The summed E-state index contributed by atoms with van der Waals surface area (Å²) in [6.45, 7) is -0.182. The van der Waals surface area contributed by atoms with Crippen molar-refractivity contribution in [1.82, 2.24) is 0 Å². The molecule has 88 valence electrons. The van der Waals surface area contributed by atoms with E-state index in [-0.39, 0.29) is 11.5 Å². The summed E-state index contributed by atoms with van der Waals surface area (Å²) in [5.74, 6) is -1.78. The van der Waals surface area contributed by atoms with Crippen molar-refractivity contribution in [3.8, 4) is 0 Å². The highest BCUT2D eigenvalue weighted by Crippen LogP contribution is 2.13. The van der Waals surface area contributed by atoms with Crippen molar-refractivity contribution in [3.63, 3.8) is 0 Å². The van der Waals surface area contributed by atoms with Gasteiger partial charge in [0.05, 0.1) is 17.4 Å². The average Bonchev–Trinajstić information content (AvgIpc) is 2.24. The van der Waals surface area contributed by atoms with Crippen LogP contribution >= 0.6 is 0 Å². The van der Waals surface area contributed by atoms with E-state index in [4.69, 9.17) is 5.11 Å². The Hall–Kier alpha value is -1.27. The molecule has 0 heterocycles. The Bertz CT molecular complexity index is 408. The lowest BCUT2D eigenvalue weighted by atomic mass is 10.3. The smallest absolute Gasteiger partial charge is 0.322 e. The Balaban J connectivity index is 2.94. The highest BCUT2D eigenvalue weighted by molar-refractivity contribution is 7.86. The number of carboxylic acid groups (broad SMARTS) is 1. The molecule has 0 radical (unpaired) electrons. The predicted octanol–water partition coefficient (Wildman–Crippen LogP) is 1.03. The second kappa shape index (κ2) is 5.72. The van der Waals surface area contributed by atoms with Crippen LogP contribution in [0.25, 0.3) is 0 Å². The fourth-order valence-electron chi connectivity index (χ4n) is 1.13. The maximum Gasteiger partial charge on any atom is 0.322 e. The van der Waals surface area contributed by atoms with Gasteiger partial charge in [-0.1, -0.05) is 6.07 Å². The van der Waals surface area contributed by atoms with Crippen LogP contribution < -0.4 is 0 Å². The zero-order valence-electron chi connectivity index (χ0n) is 8.55. The fraction of sp³-hybridized carbons (Fsp3) is 0.300. The molecule has 0 aromatic heterocycles. The van der Waals surface area contributed by atoms with Crippen molar-refractivity contribution < 1.29 is 23.2 Å². The first-order valence-electron chi connectivity index (χ1n) is 4.44. The Morgan fingerprint density at radius 3 is 2.81 bits per heavy atom. The number of benzene rings is 1. The van der Waals surface area contributed by atoms with Crippen LogP contribution in [-0.2, 0) is 20.3 Å². The molecule has 4 nitrogen and oxygen atoms in total. The molecule has 0 aliphatic carbocycles. The number of carboxylic acids is 1. The van der Waals surface area contributed by atoms with E-state index in [0.717, 1.165) is 6.07 Å². The fourth-order valence-corrected chi connectivity index (χ4v) is 2.35. The minimum Gasteiger partial charge on any atom is -0.480 e. The van der Waals surface area contributed by atoms with Crippen molar-refractivity contribution in [2.24, 2.45) is 0 Å². The molecule has 1 N–H and O–H groups in total. The summed E-state index contributed by atoms with van der Waals surface area (Å²) in [6, 6.07) is 5.06. The van der Waals surface area contributed by atoms with Gasteiger partial charge in [0.1, 0.15) is 5.82 Å². The van der Waals surface area contributed by atoms with Crippen LogP contribution in [0.3, 0.4) is 0 Å². The molecule has 0 aliphatic rings. The van der Waals surface area contributed by atoms with Gasteiger partial charge in [0.25, 0.3) is 0 Å². The van der Waals surface area contributed by atoms with E-state index in [0.29, 0.717) is 0 Å². The van der Waals surface area contributed by atoms with Gasteiger partial charge < -0.3 is 9.84 Å². The molecular weight excluding hydrogens is 235 g/mol. The number of hydrogen-bond acceptors (Lipinski definition) is 3. The summed E-state index contributed by atoms with van der Waals surface area (Å²) in [4.78, 5) is 11.0. The number of halogens is 1. The van der Waals surface area contributed by atoms with Gasteiger partial charge in [-0.15, -0.1) is 0 Å². The number of rotatable bonds is 5. The molecule has 2 atom stereocenters. The monoisotopic (exact) mass is 246 g/mol. The molecule has 6 heteroatoms. The maximum absolute atomic E-state index is 12.9. The number of aliphatic carboxylic acids is 1. The molecule has 0 spiro atoms. The summed E-state index contributed by atoms with van der Waals surface area (Å²) in [5, 5.41) is 7.65. The Morgan fingerprint density at radius 2 is 2.31 bits per heavy atom. The SMILES string of the molecule is COCC(C(=O)O)S(=O)c1cccc(F)c1. The molecule has 0 bridgehead atoms. The quantitative estimate of drug-likeness (QED) is 0.843. The van der Waals surface area contributed by atoms with Gasteiger partial charge in [-0.05, 0) is 18.2 Å². The van der Waals surface area contributed by atoms with Gasteiger partial charge in [-0.2, -0.15) is 0 Å². The molecule has 1 rings (SSSR count). The normalized spacial score (nSPS) is 14.4. The lowest BCUT2D eigenvalue weighted by Crippen LogP contribution is -2.30. The van der Waals surface area contributed by atoms with Crippen LogP contribution in [0.15, 0.2) is 29.2 Å². The molecule has 0 amide bonds. The molecule has 0 aliphatic heterocycles. The maximum atomic E-state index is 12.9. The van der Waals surface area contributed by atoms with Gasteiger partial charge in [0.15, 0.2) is 5.25 Å². The summed E-state index contributed by atoms with van der Waals surface area (Å²) in [6.07, 6.45) is 0. The van der Waals surface area contributed by atoms with Gasteiger partial charge in [-0.3, -0.25) is 9.00 Å².